The average molecular weight is 287 g/mol. The molecule has 2 atom stereocenters. The predicted octanol–water partition coefficient (Wildman–Crippen LogP) is -0.0809. The first-order chi connectivity index (χ1) is 9.49. The highest BCUT2D eigenvalue weighted by atomic mass is 16.5. The summed E-state index contributed by atoms with van der Waals surface area (Å²) in [4.78, 5) is 23.6. The molecule has 1 aliphatic carbocycles. The van der Waals surface area contributed by atoms with E-state index in [-0.39, 0.29) is 17.9 Å². The molecule has 1 rings (SSSR count). The Morgan fingerprint density at radius 1 is 1.35 bits per heavy atom. The lowest BCUT2D eigenvalue weighted by Gasteiger charge is -2.29. The van der Waals surface area contributed by atoms with Crippen molar-refractivity contribution >= 4 is 11.8 Å². The summed E-state index contributed by atoms with van der Waals surface area (Å²) in [6.07, 6.45) is 3.40. The third-order valence-electron chi connectivity index (χ3n) is 3.66. The van der Waals surface area contributed by atoms with Crippen LogP contribution in [0.3, 0.4) is 0 Å². The summed E-state index contributed by atoms with van der Waals surface area (Å²) >= 11 is 0. The Morgan fingerprint density at radius 2 is 1.95 bits per heavy atom. The van der Waals surface area contributed by atoms with Crippen molar-refractivity contribution in [1.29, 1.82) is 0 Å². The van der Waals surface area contributed by atoms with Crippen LogP contribution in [0.2, 0.25) is 0 Å². The van der Waals surface area contributed by atoms with Gasteiger partial charge in [-0.15, -0.1) is 0 Å². The maximum absolute atomic E-state index is 12.1. The molecule has 1 aliphatic rings. The van der Waals surface area contributed by atoms with Gasteiger partial charge < -0.3 is 15.8 Å². The minimum absolute atomic E-state index is 0.126. The number of nitrogens with two attached hydrogens (primary N) is 1. The molecule has 116 valence electrons. The Morgan fingerprint density at radius 3 is 2.40 bits per heavy atom. The molecule has 7 heteroatoms. The van der Waals surface area contributed by atoms with Crippen LogP contribution < -0.4 is 16.5 Å². The van der Waals surface area contributed by atoms with Gasteiger partial charge in [0, 0.05) is 18.6 Å². The fourth-order valence-electron chi connectivity index (χ4n) is 2.50. The molecule has 20 heavy (non-hydrogen) atoms. The summed E-state index contributed by atoms with van der Waals surface area (Å²) in [6, 6.07) is -1.50. The van der Waals surface area contributed by atoms with Gasteiger partial charge in [-0.1, -0.05) is 0 Å². The Kier molecular flexibility index (Phi) is 6.90. The highest BCUT2D eigenvalue weighted by Gasteiger charge is 2.30. The third kappa shape index (κ3) is 4.73. The maximum Gasteiger partial charge on any atom is 0.267 e. The van der Waals surface area contributed by atoms with Gasteiger partial charge in [-0.05, 0) is 39.5 Å². The number of nitrogens with one attached hydrogen (secondary N) is 2. The highest BCUT2D eigenvalue weighted by Crippen LogP contribution is 2.26. The molecular formula is C13H25N3O4. The lowest BCUT2D eigenvalue weighted by atomic mass is 9.86. The monoisotopic (exact) mass is 287 g/mol. The van der Waals surface area contributed by atoms with E-state index < -0.39 is 18.0 Å². The molecule has 1 fully saturated rings. The van der Waals surface area contributed by atoms with Gasteiger partial charge in [0.05, 0.1) is 6.10 Å². The molecule has 0 aromatic rings. The third-order valence-corrected chi connectivity index (χ3v) is 3.66. The van der Waals surface area contributed by atoms with Crippen molar-refractivity contribution in [2.24, 2.45) is 11.7 Å². The van der Waals surface area contributed by atoms with Gasteiger partial charge in [0.1, 0.15) is 6.04 Å². The fraction of sp³-hybridized carbons (Fsp3) is 0.846. The van der Waals surface area contributed by atoms with E-state index in [1.165, 1.54) is 5.48 Å². The second-order valence-corrected chi connectivity index (χ2v) is 5.25. The zero-order valence-electron chi connectivity index (χ0n) is 12.1. The van der Waals surface area contributed by atoms with Crippen LogP contribution in [0.5, 0.6) is 0 Å². The van der Waals surface area contributed by atoms with Gasteiger partial charge >= 0.3 is 0 Å². The first-order valence-corrected chi connectivity index (χ1v) is 7.11. The average Bonchev–Trinajstić information content (AvgIpc) is 2.44. The molecule has 7 nitrogen and oxygen atoms in total. The van der Waals surface area contributed by atoms with E-state index in [1.54, 1.807) is 6.92 Å². The van der Waals surface area contributed by atoms with Crippen molar-refractivity contribution in [2.45, 2.75) is 57.7 Å². The van der Waals surface area contributed by atoms with Gasteiger partial charge in [-0.3, -0.25) is 14.8 Å². The van der Waals surface area contributed by atoms with E-state index in [0.29, 0.717) is 6.61 Å². The van der Waals surface area contributed by atoms with Crippen molar-refractivity contribution < 1.29 is 19.5 Å². The lowest BCUT2D eigenvalue weighted by molar-refractivity contribution is -0.137. The summed E-state index contributed by atoms with van der Waals surface area (Å²) < 4.78 is 5.54. The Balaban J connectivity index is 2.48. The second-order valence-electron chi connectivity index (χ2n) is 5.25. The van der Waals surface area contributed by atoms with E-state index in [9.17, 15) is 9.59 Å². The molecule has 2 amide bonds. The number of ether oxygens (including phenoxy) is 1. The van der Waals surface area contributed by atoms with E-state index in [4.69, 9.17) is 15.7 Å². The quantitative estimate of drug-likeness (QED) is 0.403. The van der Waals surface area contributed by atoms with E-state index in [2.05, 4.69) is 5.32 Å². The molecule has 0 aromatic heterocycles. The lowest BCUT2D eigenvalue weighted by Crippen LogP contribution is -2.56. The molecule has 0 spiro atoms. The molecular weight excluding hydrogens is 262 g/mol. The first-order valence-electron chi connectivity index (χ1n) is 7.11. The van der Waals surface area contributed by atoms with Crippen LogP contribution in [-0.4, -0.2) is 41.8 Å². The predicted molar refractivity (Wildman–Crippen MR) is 72.9 cm³/mol. The maximum atomic E-state index is 12.1. The summed E-state index contributed by atoms with van der Waals surface area (Å²) in [6.45, 7) is 4.25. The van der Waals surface area contributed by atoms with Crippen LogP contribution in [-0.2, 0) is 14.3 Å². The standard InChI is InChI=1S/C13H25N3O4/c1-3-20-10-6-4-9(5-7-10)12(17)15-11(8(2)14)13(18)16-19/h8-11,19H,3-7,14H2,1-2H3,(H,15,17)(H,16,18)/t8-,9?,10?,11+/m1/s1. The summed E-state index contributed by atoms with van der Waals surface area (Å²) in [5.74, 6) is -1.01. The molecule has 0 aromatic carbocycles. The number of hydrogen-bond donors (Lipinski definition) is 4. The highest BCUT2D eigenvalue weighted by molar-refractivity contribution is 5.88. The van der Waals surface area contributed by atoms with E-state index >= 15 is 0 Å². The Labute approximate surface area is 119 Å². The molecule has 0 heterocycles. The zero-order chi connectivity index (χ0) is 15.1. The van der Waals surface area contributed by atoms with Crippen molar-refractivity contribution in [2.75, 3.05) is 6.61 Å². The summed E-state index contributed by atoms with van der Waals surface area (Å²) in [5, 5.41) is 11.3. The minimum atomic E-state index is -0.919. The molecule has 5 N–H and O–H groups in total. The molecule has 0 aliphatic heterocycles. The second kappa shape index (κ2) is 8.18. The molecule has 0 radical (unpaired) electrons. The number of carbonyl (C=O) groups is 2. The number of hydroxylamine groups is 1. The van der Waals surface area contributed by atoms with Crippen LogP contribution in [0, 0.1) is 5.92 Å². The van der Waals surface area contributed by atoms with Crippen molar-refractivity contribution in [1.82, 2.24) is 10.8 Å². The summed E-state index contributed by atoms with van der Waals surface area (Å²) in [5.41, 5.74) is 7.17. The normalized spacial score (nSPS) is 25.6. The van der Waals surface area contributed by atoms with Gasteiger partial charge in [0.25, 0.3) is 5.91 Å². The molecule has 1 saturated carbocycles. The first kappa shape index (κ1) is 16.9. The molecule has 0 saturated heterocycles. The number of rotatable bonds is 6. The van der Waals surface area contributed by atoms with Crippen molar-refractivity contribution in [3.8, 4) is 0 Å². The van der Waals surface area contributed by atoms with Crippen molar-refractivity contribution in [3.63, 3.8) is 0 Å². The van der Waals surface area contributed by atoms with Crippen LogP contribution >= 0.6 is 0 Å². The SMILES string of the molecule is CCOC1CCC(C(=O)N[C@H](C(=O)NO)[C@@H](C)N)CC1. The fourth-order valence-corrected chi connectivity index (χ4v) is 2.50. The largest absolute Gasteiger partial charge is 0.379 e. The topological polar surface area (TPSA) is 114 Å². The van der Waals surface area contributed by atoms with E-state index in [0.717, 1.165) is 25.7 Å². The van der Waals surface area contributed by atoms with Gasteiger partial charge in [0.15, 0.2) is 0 Å². The van der Waals surface area contributed by atoms with Crippen LogP contribution in [0.25, 0.3) is 0 Å². The van der Waals surface area contributed by atoms with Crippen LogP contribution in [0.15, 0.2) is 0 Å². The van der Waals surface area contributed by atoms with Crippen LogP contribution in [0.1, 0.15) is 39.5 Å². The minimum Gasteiger partial charge on any atom is -0.379 e. The van der Waals surface area contributed by atoms with Crippen molar-refractivity contribution in [3.05, 3.63) is 0 Å². The smallest absolute Gasteiger partial charge is 0.267 e. The Hall–Kier alpha value is -1.18. The molecule has 0 unspecified atom stereocenters. The number of hydrogen-bond acceptors (Lipinski definition) is 5. The van der Waals surface area contributed by atoms with Gasteiger partial charge in [0.2, 0.25) is 5.91 Å². The number of amides is 2. The van der Waals surface area contributed by atoms with Gasteiger partial charge in [-0.2, -0.15) is 0 Å². The zero-order valence-corrected chi connectivity index (χ0v) is 12.1. The van der Waals surface area contributed by atoms with Crippen LogP contribution in [0.4, 0.5) is 0 Å². The Bertz CT molecular complexity index is 328. The van der Waals surface area contributed by atoms with E-state index in [1.807, 2.05) is 6.92 Å². The molecule has 0 bridgehead atoms. The van der Waals surface area contributed by atoms with Gasteiger partial charge in [-0.25, -0.2) is 5.48 Å². The number of carbonyl (C=O) groups excluding carboxylic acids is 2. The summed E-state index contributed by atoms with van der Waals surface area (Å²) in [7, 11) is 0.